The van der Waals surface area contributed by atoms with Gasteiger partial charge >= 0.3 is 5.69 Å². The van der Waals surface area contributed by atoms with Crippen LogP contribution in [0.1, 0.15) is 40.5 Å². The van der Waals surface area contributed by atoms with E-state index in [1.165, 1.54) is 9.13 Å². The van der Waals surface area contributed by atoms with E-state index >= 15 is 0 Å². The zero-order valence-electron chi connectivity index (χ0n) is 12.2. The van der Waals surface area contributed by atoms with Crippen molar-refractivity contribution in [1.29, 1.82) is 0 Å². The molecule has 0 aliphatic heterocycles. The predicted molar refractivity (Wildman–Crippen MR) is 75.5 cm³/mol. The summed E-state index contributed by atoms with van der Waals surface area (Å²) in [6, 6.07) is 1.13. The molecule has 0 atom stereocenters. The van der Waals surface area contributed by atoms with E-state index in [-0.39, 0.29) is 5.88 Å². The summed E-state index contributed by atoms with van der Waals surface area (Å²) in [5.74, 6) is 0.614. The lowest BCUT2D eigenvalue weighted by atomic mass is 10.1. The summed E-state index contributed by atoms with van der Waals surface area (Å²) in [7, 11) is 0. The normalized spacial score (nSPS) is 11.5. The van der Waals surface area contributed by atoms with Gasteiger partial charge in [-0.25, -0.2) is 4.79 Å². The molecule has 0 aliphatic carbocycles. The maximum atomic E-state index is 12.2. The molecule has 0 aromatic carbocycles. The van der Waals surface area contributed by atoms with Crippen molar-refractivity contribution < 1.29 is 5.11 Å². The topological polar surface area (TPSA) is 64.2 Å². The van der Waals surface area contributed by atoms with Crippen LogP contribution in [0.5, 0.6) is 5.88 Å². The number of aromatic hydroxyl groups is 1. The molecule has 1 rings (SSSR count). The summed E-state index contributed by atoms with van der Waals surface area (Å²) < 4.78 is 2.49. The van der Waals surface area contributed by atoms with E-state index < -0.39 is 11.2 Å². The molecule has 0 amide bonds. The van der Waals surface area contributed by atoms with Crippen molar-refractivity contribution in [2.75, 3.05) is 0 Å². The summed E-state index contributed by atoms with van der Waals surface area (Å²) in [6.45, 7) is 9.03. The van der Waals surface area contributed by atoms with Gasteiger partial charge in [-0.1, -0.05) is 27.7 Å². The minimum absolute atomic E-state index is 0.239. The Morgan fingerprint density at radius 2 is 1.47 bits per heavy atom. The van der Waals surface area contributed by atoms with E-state index in [0.717, 1.165) is 18.9 Å². The lowest BCUT2D eigenvalue weighted by molar-refractivity contribution is 0.368. The lowest BCUT2D eigenvalue weighted by Gasteiger charge is -2.13. The van der Waals surface area contributed by atoms with Crippen molar-refractivity contribution in [3.8, 4) is 5.88 Å². The van der Waals surface area contributed by atoms with E-state index in [9.17, 15) is 14.7 Å². The molecule has 1 heterocycles. The molecule has 0 radical (unpaired) electrons. The molecular weight excluding hydrogens is 244 g/mol. The smallest absolute Gasteiger partial charge is 0.333 e. The first-order valence-electron chi connectivity index (χ1n) is 6.86. The van der Waals surface area contributed by atoms with Gasteiger partial charge < -0.3 is 5.11 Å². The molecule has 0 spiro atoms. The molecule has 0 bridgehead atoms. The average molecular weight is 268 g/mol. The Labute approximate surface area is 113 Å². The van der Waals surface area contributed by atoms with Gasteiger partial charge in [0.2, 0.25) is 5.88 Å². The fraction of sp³-hybridized carbons (Fsp3) is 0.714. The van der Waals surface area contributed by atoms with E-state index in [0.29, 0.717) is 24.9 Å². The first kappa shape index (κ1) is 15.5. The van der Waals surface area contributed by atoms with Crippen molar-refractivity contribution >= 4 is 0 Å². The molecule has 0 saturated carbocycles. The molecule has 1 aromatic rings. The van der Waals surface area contributed by atoms with Crippen LogP contribution in [-0.4, -0.2) is 14.2 Å². The van der Waals surface area contributed by atoms with Crippen molar-refractivity contribution in [3.05, 3.63) is 26.9 Å². The molecule has 5 heteroatoms. The Hall–Kier alpha value is -1.52. The first-order chi connectivity index (χ1) is 8.82. The molecule has 0 saturated heterocycles. The lowest BCUT2D eigenvalue weighted by Crippen LogP contribution is -2.39. The zero-order chi connectivity index (χ0) is 14.6. The second kappa shape index (κ2) is 6.59. The summed E-state index contributed by atoms with van der Waals surface area (Å²) in [5, 5.41) is 9.74. The SMILES string of the molecule is CC(C)CCn1c(O)cc(=O)n(CCC(C)C)c1=O. The Bertz CT molecular complexity index is 526. The van der Waals surface area contributed by atoms with Crippen molar-refractivity contribution in [2.24, 2.45) is 11.8 Å². The molecule has 1 N–H and O–H groups in total. The summed E-state index contributed by atoms with van der Waals surface area (Å²) in [5.41, 5.74) is -0.838. The van der Waals surface area contributed by atoms with Gasteiger partial charge in [-0.3, -0.25) is 13.9 Å². The van der Waals surface area contributed by atoms with Gasteiger partial charge in [-0.2, -0.15) is 0 Å². The molecule has 0 aliphatic rings. The van der Waals surface area contributed by atoms with Crippen molar-refractivity contribution in [2.45, 2.75) is 53.6 Å². The minimum Gasteiger partial charge on any atom is -0.494 e. The fourth-order valence-corrected chi connectivity index (χ4v) is 1.79. The number of hydrogen-bond acceptors (Lipinski definition) is 3. The molecule has 19 heavy (non-hydrogen) atoms. The van der Waals surface area contributed by atoms with Crippen LogP contribution in [0.15, 0.2) is 15.7 Å². The Morgan fingerprint density at radius 3 is 1.95 bits per heavy atom. The Balaban J connectivity index is 3.08. The number of nitrogens with zero attached hydrogens (tertiary/aromatic N) is 2. The second-order valence-electron chi connectivity index (χ2n) is 5.79. The highest BCUT2D eigenvalue weighted by Gasteiger charge is 2.11. The number of hydrogen-bond donors (Lipinski definition) is 1. The van der Waals surface area contributed by atoms with Gasteiger partial charge in [-0.05, 0) is 24.7 Å². The van der Waals surface area contributed by atoms with Crippen LogP contribution in [0.25, 0.3) is 0 Å². The maximum Gasteiger partial charge on any atom is 0.333 e. The van der Waals surface area contributed by atoms with E-state index in [1.807, 2.05) is 13.8 Å². The molecule has 1 aromatic heterocycles. The number of rotatable bonds is 6. The maximum absolute atomic E-state index is 12.2. The first-order valence-corrected chi connectivity index (χ1v) is 6.86. The number of aromatic nitrogens is 2. The van der Waals surface area contributed by atoms with E-state index in [1.54, 1.807) is 0 Å². The second-order valence-corrected chi connectivity index (χ2v) is 5.79. The van der Waals surface area contributed by atoms with Crippen LogP contribution < -0.4 is 11.2 Å². The summed E-state index contributed by atoms with van der Waals surface area (Å²) >= 11 is 0. The Morgan fingerprint density at radius 1 is 1.00 bits per heavy atom. The van der Waals surface area contributed by atoms with Crippen LogP contribution in [-0.2, 0) is 13.1 Å². The highest BCUT2D eigenvalue weighted by atomic mass is 16.3. The van der Waals surface area contributed by atoms with Gasteiger partial charge in [0.25, 0.3) is 5.56 Å². The average Bonchev–Trinajstić information content (AvgIpc) is 2.27. The highest BCUT2D eigenvalue weighted by Crippen LogP contribution is 2.07. The third kappa shape index (κ3) is 4.26. The standard InChI is InChI=1S/C14H24N2O3/c1-10(2)5-7-15-12(17)9-13(18)16(14(15)19)8-6-11(3)4/h9-11,17H,5-8H2,1-4H3. The summed E-state index contributed by atoms with van der Waals surface area (Å²) in [4.78, 5) is 24.0. The van der Waals surface area contributed by atoms with E-state index in [2.05, 4.69) is 13.8 Å². The van der Waals surface area contributed by atoms with Crippen LogP contribution in [0, 0.1) is 11.8 Å². The highest BCUT2D eigenvalue weighted by molar-refractivity contribution is 5.07. The largest absolute Gasteiger partial charge is 0.494 e. The van der Waals surface area contributed by atoms with Gasteiger partial charge in [0.1, 0.15) is 0 Å². The third-order valence-corrected chi connectivity index (χ3v) is 3.12. The minimum atomic E-state index is -0.427. The van der Waals surface area contributed by atoms with Crippen LogP contribution >= 0.6 is 0 Å². The van der Waals surface area contributed by atoms with Gasteiger partial charge in [-0.15, -0.1) is 0 Å². The fourth-order valence-electron chi connectivity index (χ4n) is 1.79. The van der Waals surface area contributed by atoms with E-state index in [4.69, 9.17) is 0 Å². The van der Waals surface area contributed by atoms with Gasteiger partial charge in [0.05, 0.1) is 6.07 Å². The van der Waals surface area contributed by atoms with Gasteiger partial charge in [0, 0.05) is 13.1 Å². The quantitative estimate of drug-likeness (QED) is 0.855. The monoisotopic (exact) mass is 268 g/mol. The molecule has 108 valence electrons. The predicted octanol–water partition coefficient (Wildman–Crippen LogP) is 1.81. The molecule has 0 unspecified atom stereocenters. The molecule has 5 nitrogen and oxygen atoms in total. The van der Waals surface area contributed by atoms with Crippen LogP contribution in [0.4, 0.5) is 0 Å². The van der Waals surface area contributed by atoms with Crippen molar-refractivity contribution in [1.82, 2.24) is 9.13 Å². The third-order valence-electron chi connectivity index (χ3n) is 3.12. The molecule has 0 fully saturated rings. The Kier molecular flexibility index (Phi) is 5.39. The molecular formula is C14H24N2O3. The van der Waals surface area contributed by atoms with Crippen LogP contribution in [0.3, 0.4) is 0 Å². The van der Waals surface area contributed by atoms with Crippen molar-refractivity contribution in [3.63, 3.8) is 0 Å². The van der Waals surface area contributed by atoms with Gasteiger partial charge in [0.15, 0.2) is 0 Å². The zero-order valence-corrected chi connectivity index (χ0v) is 12.2. The summed E-state index contributed by atoms with van der Waals surface area (Å²) in [6.07, 6.45) is 1.56. The van der Waals surface area contributed by atoms with Crippen LogP contribution in [0.2, 0.25) is 0 Å².